The van der Waals surface area contributed by atoms with E-state index in [1.54, 1.807) is 17.8 Å². The Morgan fingerprint density at radius 1 is 1.48 bits per heavy atom. The van der Waals surface area contributed by atoms with Gasteiger partial charge in [-0.2, -0.15) is 5.10 Å². The Labute approximate surface area is 124 Å². The molecule has 1 saturated carbocycles. The zero-order valence-electron chi connectivity index (χ0n) is 12.5. The van der Waals surface area contributed by atoms with Gasteiger partial charge in [-0.1, -0.05) is 19.3 Å². The quantitative estimate of drug-likeness (QED) is 0.908. The number of carboxylic acids is 1. The van der Waals surface area contributed by atoms with Gasteiger partial charge in [0.15, 0.2) is 5.69 Å². The molecule has 6 heteroatoms. The molecular weight excluding hydrogens is 270 g/mol. The monoisotopic (exact) mass is 293 g/mol. The zero-order chi connectivity index (χ0) is 14.8. The highest BCUT2D eigenvalue weighted by atomic mass is 16.5. The topological polar surface area (TPSA) is 67.6 Å². The minimum atomic E-state index is -0.969. The average Bonchev–Trinajstić information content (AvgIpc) is 2.60. The molecule has 1 aromatic heterocycles. The van der Waals surface area contributed by atoms with Gasteiger partial charge in [0.1, 0.15) is 0 Å². The number of aromatic carboxylic acids is 1. The van der Waals surface area contributed by atoms with Crippen molar-refractivity contribution in [1.29, 1.82) is 0 Å². The number of carbonyl (C=O) groups is 1. The van der Waals surface area contributed by atoms with Gasteiger partial charge in [0.25, 0.3) is 0 Å². The van der Waals surface area contributed by atoms with Crippen LogP contribution < -0.4 is 0 Å². The van der Waals surface area contributed by atoms with E-state index < -0.39 is 5.97 Å². The number of aryl methyl sites for hydroxylation is 1. The van der Waals surface area contributed by atoms with E-state index in [0.717, 1.165) is 44.5 Å². The van der Waals surface area contributed by atoms with Gasteiger partial charge in [-0.25, -0.2) is 4.79 Å². The minimum Gasteiger partial charge on any atom is -0.476 e. The van der Waals surface area contributed by atoms with E-state index in [4.69, 9.17) is 9.84 Å². The van der Waals surface area contributed by atoms with Crippen molar-refractivity contribution in [2.45, 2.75) is 25.8 Å². The predicted molar refractivity (Wildman–Crippen MR) is 77.1 cm³/mol. The first kappa shape index (κ1) is 14.5. The smallest absolute Gasteiger partial charge is 0.356 e. The van der Waals surface area contributed by atoms with Crippen molar-refractivity contribution in [2.75, 3.05) is 26.3 Å². The summed E-state index contributed by atoms with van der Waals surface area (Å²) in [5, 5.41) is 13.1. The second-order valence-electron chi connectivity index (χ2n) is 6.21. The summed E-state index contributed by atoms with van der Waals surface area (Å²) in [6, 6.07) is 1.67. The van der Waals surface area contributed by atoms with Crippen LogP contribution in [0.2, 0.25) is 0 Å². The van der Waals surface area contributed by atoms with Crippen LogP contribution in [0.4, 0.5) is 0 Å². The van der Waals surface area contributed by atoms with E-state index in [2.05, 4.69) is 10.00 Å². The van der Waals surface area contributed by atoms with Crippen LogP contribution in [0.3, 0.4) is 0 Å². The van der Waals surface area contributed by atoms with E-state index in [-0.39, 0.29) is 5.69 Å². The standard InChI is InChI=1S/C15H23N3O3/c1-17-13(7-14(16-17)15(19)20)9-18-5-6-21-10-12(8-18)11-3-2-4-11/h7,11-12H,2-6,8-10H2,1H3,(H,19,20). The van der Waals surface area contributed by atoms with Crippen molar-refractivity contribution < 1.29 is 14.6 Å². The van der Waals surface area contributed by atoms with Crippen LogP contribution in [0.15, 0.2) is 6.07 Å². The third kappa shape index (κ3) is 3.27. The highest BCUT2D eigenvalue weighted by molar-refractivity contribution is 5.85. The number of rotatable bonds is 4. The van der Waals surface area contributed by atoms with Gasteiger partial charge >= 0.3 is 5.97 Å². The van der Waals surface area contributed by atoms with E-state index in [9.17, 15) is 4.79 Å². The fourth-order valence-corrected chi connectivity index (χ4v) is 3.23. The lowest BCUT2D eigenvalue weighted by molar-refractivity contribution is 0.0689. The fraction of sp³-hybridized carbons (Fsp3) is 0.733. The Bertz CT molecular complexity index is 510. The molecule has 116 valence electrons. The molecule has 0 bridgehead atoms. The van der Waals surface area contributed by atoms with Gasteiger partial charge in [-0.05, 0) is 17.9 Å². The number of aromatic nitrogens is 2. The molecular formula is C15H23N3O3. The predicted octanol–water partition coefficient (Wildman–Crippen LogP) is 1.37. The number of nitrogens with zero attached hydrogens (tertiary/aromatic N) is 3. The van der Waals surface area contributed by atoms with Gasteiger partial charge in [-0.3, -0.25) is 9.58 Å². The van der Waals surface area contributed by atoms with Crippen LogP contribution >= 0.6 is 0 Å². The summed E-state index contributed by atoms with van der Waals surface area (Å²) in [4.78, 5) is 13.4. The van der Waals surface area contributed by atoms with Crippen LogP contribution in [-0.2, 0) is 18.3 Å². The second-order valence-corrected chi connectivity index (χ2v) is 6.21. The Balaban J connectivity index is 1.66. The zero-order valence-corrected chi connectivity index (χ0v) is 12.5. The van der Waals surface area contributed by atoms with Crippen molar-refractivity contribution >= 4 is 5.97 Å². The molecule has 3 rings (SSSR count). The van der Waals surface area contributed by atoms with Crippen LogP contribution in [0.25, 0.3) is 0 Å². The summed E-state index contributed by atoms with van der Waals surface area (Å²) in [5.74, 6) is 0.462. The lowest BCUT2D eigenvalue weighted by atomic mass is 9.76. The molecule has 1 aliphatic heterocycles. The van der Waals surface area contributed by atoms with E-state index in [1.807, 2.05) is 0 Å². The molecule has 2 fully saturated rings. The second kappa shape index (κ2) is 6.15. The minimum absolute atomic E-state index is 0.120. The van der Waals surface area contributed by atoms with Gasteiger partial charge in [0, 0.05) is 26.7 Å². The van der Waals surface area contributed by atoms with Crippen molar-refractivity contribution in [3.05, 3.63) is 17.5 Å². The fourth-order valence-electron chi connectivity index (χ4n) is 3.23. The molecule has 1 atom stereocenters. The summed E-state index contributed by atoms with van der Waals surface area (Å²) in [6.07, 6.45) is 4.01. The summed E-state index contributed by atoms with van der Waals surface area (Å²) in [7, 11) is 1.81. The number of ether oxygens (including phenoxy) is 1. The van der Waals surface area contributed by atoms with Crippen molar-refractivity contribution in [3.63, 3.8) is 0 Å². The first-order valence-electron chi connectivity index (χ1n) is 7.70. The Hall–Kier alpha value is -1.40. The molecule has 0 spiro atoms. The first-order valence-corrected chi connectivity index (χ1v) is 7.70. The highest BCUT2D eigenvalue weighted by Crippen LogP contribution is 2.34. The molecule has 6 nitrogen and oxygen atoms in total. The maximum Gasteiger partial charge on any atom is 0.356 e. The lowest BCUT2D eigenvalue weighted by Crippen LogP contribution is -2.35. The summed E-state index contributed by atoms with van der Waals surface area (Å²) in [5.41, 5.74) is 1.07. The normalized spacial score (nSPS) is 24.5. The molecule has 0 radical (unpaired) electrons. The van der Waals surface area contributed by atoms with E-state index >= 15 is 0 Å². The average molecular weight is 293 g/mol. The van der Waals surface area contributed by atoms with Gasteiger partial charge in [-0.15, -0.1) is 0 Å². The molecule has 1 aromatic rings. The van der Waals surface area contributed by atoms with Crippen LogP contribution in [-0.4, -0.2) is 52.1 Å². The number of carboxylic acid groups (broad SMARTS) is 1. The molecule has 1 saturated heterocycles. The van der Waals surface area contributed by atoms with Crippen molar-refractivity contribution in [3.8, 4) is 0 Å². The summed E-state index contributed by atoms with van der Waals surface area (Å²) < 4.78 is 7.42. The molecule has 1 aliphatic carbocycles. The van der Waals surface area contributed by atoms with Gasteiger partial charge in [0.2, 0.25) is 0 Å². The number of hydrogen-bond donors (Lipinski definition) is 1. The summed E-state index contributed by atoms with van der Waals surface area (Å²) in [6.45, 7) is 4.30. The molecule has 0 aromatic carbocycles. The van der Waals surface area contributed by atoms with Crippen molar-refractivity contribution in [1.82, 2.24) is 14.7 Å². The molecule has 1 N–H and O–H groups in total. The molecule has 2 heterocycles. The summed E-state index contributed by atoms with van der Waals surface area (Å²) >= 11 is 0. The van der Waals surface area contributed by atoms with Crippen LogP contribution in [0.1, 0.15) is 35.4 Å². The maximum absolute atomic E-state index is 11.0. The molecule has 1 unspecified atom stereocenters. The third-order valence-corrected chi connectivity index (χ3v) is 4.77. The molecule has 0 amide bonds. The van der Waals surface area contributed by atoms with Gasteiger partial charge in [0.05, 0.1) is 18.9 Å². The molecule has 2 aliphatic rings. The molecule has 21 heavy (non-hydrogen) atoms. The van der Waals surface area contributed by atoms with Crippen LogP contribution in [0, 0.1) is 11.8 Å². The Morgan fingerprint density at radius 2 is 2.29 bits per heavy atom. The van der Waals surface area contributed by atoms with E-state index in [1.165, 1.54) is 19.3 Å². The van der Waals surface area contributed by atoms with Gasteiger partial charge < -0.3 is 9.84 Å². The Kier molecular flexibility index (Phi) is 4.26. The van der Waals surface area contributed by atoms with Crippen molar-refractivity contribution in [2.24, 2.45) is 18.9 Å². The highest BCUT2D eigenvalue weighted by Gasteiger charge is 2.30. The first-order chi connectivity index (χ1) is 10.1. The van der Waals surface area contributed by atoms with E-state index in [0.29, 0.717) is 5.92 Å². The third-order valence-electron chi connectivity index (χ3n) is 4.77. The SMILES string of the molecule is Cn1nc(C(=O)O)cc1CN1CCOCC(C2CCC2)C1. The maximum atomic E-state index is 11.0. The Morgan fingerprint density at radius 3 is 2.90 bits per heavy atom. The van der Waals surface area contributed by atoms with Crippen LogP contribution in [0.5, 0.6) is 0 Å². The lowest BCUT2D eigenvalue weighted by Gasteiger charge is -2.34. The number of hydrogen-bond acceptors (Lipinski definition) is 4. The largest absolute Gasteiger partial charge is 0.476 e.